The molecule has 1 aromatic rings. The first kappa shape index (κ1) is 23.3. The molecule has 6 nitrogen and oxygen atoms in total. The van der Waals surface area contributed by atoms with Crippen LogP contribution in [-0.2, 0) is 23.5 Å². The second-order valence-electron chi connectivity index (χ2n) is 11.6. The van der Waals surface area contributed by atoms with Gasteiger partial charge in [0.15, 0.2) is 8.32 Å². The molecule has 33 heavy (non-hydrogen) atoms. The Morgan fingerprint density at radius 3 is 2.39 bits per heavy atom. The molecule has 4 aliphatic carbocycles. The maximum Gasteiger partial charge on any atom is 0.338 e. The first-order valence-corrected chi connectivity index (χ1v) is 16.4. The third-order valence-corrected chi connectivity index (χ3v) is 10.8. The lowest BCUT2D eigenvalue weighted by Gasteiger charge is -2.65. The van der Waals surface area contributed by atoms with Crippen molar-refractivity contribution in [3.05, 3.63) is 53.3 Å². The molecule has 1 aromatic carbocycles. The molecule has 5 unspecified atom stereocenters. The number of benzene rings is 1. The van der Waals surface area contributed by atoms with Gasteiger partial charge in [-0.3, -0.25) is 0 Å². The molecule has 6 atom stereocenters. The maximum atomic E-state index is 13.3. The Hall–Kier alpha value is -1.45. The zero-order chi connectivity index (χ0) is 24.2. The van der Waals surface area contributed by atoms with Crippen molar-refractivity contribution in [2.24, 2.45) is 22.2 Å². The van der Waals surface area contributed by atoms with Crippen molar-refractivity contribution in [1.82, 2.24) is 0 Å². The fourth-order valence-electron chi connectivity index (χ4n) is 6.60. The fraction of sp³-hybridized carbons (Fsp3) is 0.600. The first-order valence-electron chi connectivity index (χ1n) is 11.6. The summed E-state index contributed by atoms with van der Waals surface area (Å²) in [6.45, 7) is 14.5. The number of allylic oxidation sites excluding steroid dienone is 1. The molecule has 1 spiro atoms. The number of rotatable bonds is 5. The van der Waals surface area contributed by atoms with Crippen LogP contribution in [0, 0.1) is 29.1 Å². The van der Waals surface area contributed by atoms with Crippen LogP contribution < -0.4 is 0 Å². The lowest BCUT2D eigenvalue weighted by atomic mass is 9.41. The highest BCUT2D eigenvalue weighted by Crippen LogP contribution is 2.78. The molecule has 4 bridgehead atoms. The summed E-state index contributed by atoms with van der Waals surface area (Å²) in [5.41, 5.74) is -0.283. The van der Waals surface area contributed by atoms with Crippen molar-refractivity contribution in [3.8, 4) is 0 Å². The summed E-state index contributed by atoms with van der Waals surface area (Å²) in [5.74, 6) is -1.34. The van der Waals surface area contributed by atoms with Crippen LogP contribution in [0.15, 0.2) is 52.6 Å². The van der Waals surface area contributed by atoms with Crippen LogP contribution in [0.3, 0.4) is 0 Å². The molecule has 8 heteroatoms. The fourth-order valence-corrected chi connectivity index (χ4v) is 8.68. The summed E-state index contributed by atoms with van der Waals surface area (Å²) in [6.07, 6.45) is 4.39. The standard InChI is InChI=1S/C25H34O6SSi/c1-16-8-11-18(12-9-16)32(27,28)30-20-14-24-17(2)10-13-19(24)22(3)15-29-25(26,23(20,22)4)21(24)31-33(5,6)7/h8-9,11-14,17,21,26H,10,15H2,1-7H3/t17-,21?,22?,23?,24?,25?/m0/s1. The monoisotopic (exact) mass is 490 g/mol. The van der Waals surface area contributed by atoms with E-state index in [1.54, 1.807) is 24.3 Å². The summed E-state index contributed by atoms with van der Waals surface area (Å²) in [4.78, 5) is 0.0899. The van der Waals surface area contributed by atoms with Crippen LogP contribution in [0.1, 0.15) is 32.8 Å². The van der Waals surface area contributed by atoms with Crippen LogP contribution in [0.5, 0.6) is 0 Å². The molecule has 180 valence electrons. The lowest BCUT2D eigenvalue weighted by molar-refractivity contribution is -0.305. The van der Waals surface area contributed by atoms with Crippen molar-refractivity contribution in [1.29, 1.82) is 0 Å². The minimum Gasteiger partial charge on any atom is -0.408 e. The zero-order valence-electron chi connectivity index (χ0n) is 20.4. The topological polar surface area (TPSA) is 82.1 Å². The second kappa shape index (κ2) is 6.60. The average molecular weight is 491 g/mol. The van der Waals surface area contributed by atoms with E-state index in [-0.39, 0.29) is 23.2 Å². The maximum absolute atomic E-state index is 13.3. The minimum atomic E-state index is -4.10. The molecule has 5 aliphatic rings. The van der Waals surface area contributed by atoms with E-state index in [1.807, 2.05) is 19.9 Å². The molecule has 1 aliphatic heterocycles. The Morgan fingerprint density at radius 2 is 1.79 bits per heavy atom. The highest BCUT2D eigenvalue weighted by molar-refractivity contribution is 7.86. The minimum absolute atomic E-state index is 0.0899. The molecular formula is C25H34O6SSi. The molecule has 0 aromatic heterocycles. The summed E-state index contributed by atoms with van der Waals surface area (Å²) >= 11 is 0. The van der Waals surface area contributed by atoms with Gasteiger partial charge >= 0.3 is 10.1 Å². The number of hydrogen-bond acceptors (Lipinski definition) is 6. The number of ether oxygens (including phenoxy) is 1. The highest BCUT2D eigenvalue weighted by atomic mass is 32.2. The van der Waals surface area contributed by atoms with Crippen molar-refractivity contribution in [2.75, 3.05) is 6.61 Å². The van der Waals surface area contributed by atoms with E-state index in [2.05, 4.69) is 39.6 Å². The van der Waals surface area contributed by atoms with Crippen molar-refractivity contribution >= 4 is 18.4 Å². The van der Waals surface area contributed by atoms with Gasteiger partial charge in [0, 0.05) is 10.8 Å². The smallest absolute Gasteiger partial charge is 0.338 e. The molecule has 0 amide bonds. The quantitative estimate of drug-likeness (QED) is 0.371. The van der Waals surface area contributed by atoms with Gasteiger partial charge in [-0.25, -0.2) is 0 Å². The van der Waals surface area contributed by atoms with Gasteiger partial charge < -0.3 is 18.5 Å². The Balaban J connectivity index is 1.71. The van der Waals surface area contributed by atoms with Gasteiger partial charge in [-0.2, -0.15) is 8.42 Å². The molecule has 1 heterocycles. The second-order valence-corrected chi connectivity index (χ2v) is 17.6. The third kappa shape index (κ3) is 2.73. The normalized spacial score (nSPS) is 41.6. The van der Waals surface area contributed by atoms with Crippen molar-refractivity contribution in [3.63, 3.8) is 0 Å². The van der Waals surface area contributed by atoms with Crippen LogP contribution in [0.2, 0.25) is 19.6 Å². The van der Waals surface area contributed by atoms with Gasteiger partial charge in [-0.05, 0) is 64.0 Å². The Labute approximate surface area is 197 Å². The van der Waals surface area contributed by atoms with Crippen LogP contribution in [-0.4, -0.2) is 40.3 Å². The summed E-state index contributed by atoms with van der Waals surface area (Å²) in [5, 5.41) is 12.2. The molecule has 1 N–H and O–H groups in total. The number of aryl methyl sites for hydroxylation is 1. The van der Waals surface area contributed by atoms with E-state index >= 15 is 0 Å². The SMILES string of the molecule is Cc1ccc(S(=O)(=O)OC2=CC34C(=CC[C@@H]3C)C3(C)COC(O)(C4O[Si](C)(C)C)C23C)cc1. The Kier molecular flexibility index (Phi) is 4.66. The van der Waals surface area contributed by atoms with Gasteiger partial charge in [0.25, 0.3) is 0 Å². The van der Waals surface area contributed by atoms with Crippen LogP contribution in [0.4, 0.5) is 0 Å². The van der Waals surface area contributed by atoms with E-state index in [9.17, 15) is 13.5 Å². The third-order valence-electron chi connectivity index (χ3n) is 8.59. The molecule has 6 rings (SSSR count). The largest absolute Gasteiger partial charge is 0.408 e. The van der Waals surface area contributed by atoms with E-state index in [4.69, 9.17) is 13.3 Å². The van der Waals surface area contributed by atoms with Gasteiger partial charge in [-0.1, -0.05) is 43.2 Å². The summed E-state index contributed by atoms with van der Waals surface area (Å²) < 4.78 is 45.4. The van der Waals surface area contributed by atoms with E-state index in [0.717, 1.165) is 12.0 Å². The number of hydrogen-bond donors (Lipinski definition) is 1. The van der Waals surface area contributed by atoms with Crippen LogP contribution in [0.25, 0.3) is 0 Å². The van der Waals surface area contributed by atoms with E-state index in [0.29, 0.717) is 0 Å². The predicted molar refractivity (Wildman–Crippen MR) is 127 cm³/mol. The molecular weight excluding hydrogens is 456 g/mol. The average Bonchev–Trinajstić information content (AvgIpc) is 3.12. The molecule has 1 saturated heterocycles. The zero-order valence-corrected chi connectivity index (χ0v) is 22.2. The molecule has 0 radical (unpaired) electrons. The molecule has 2 fully saturated rings. The Bertz CT molecular complexity index is 1180. The van der Waals surface area contributed by atoms with Gasteiger partial charge in [0.2, 0.25) is 5.79 Å². The van der Waals surface area contributed by atoms with Crippen LogP contribution >= 0.6 is 0 Å². The predicted octanol–water partition coefficient (Wildman–Crippen LogP) is 4.52. The summed E-state index contributed by atoms with van der Waals surface area (Å²) in [7, 11) is -6.20. The number of aliphatic hydroxyl groups is 1. The summed E-state index contributed by atoms with van der Waals surface area (Å²) in [6, 6.07) is 6.60. The van der Waals surface area contributed by atoms with Crippen molar-refractivity contribution < 1.29 is 26.9 Å². The van der Waals surface area contributed by atoms with E-state index < -0.39 is 46.6 Å². The van der Waals surface area contributed by atoms with Gasteiger partial charge in [-0.15, -0.1) is 0 Å². The van der Waals surface area contributed by atoms with Gasteiger partial charge in [0.05, 0.1) is 12.0 Å². The lowest BCUT2D eigenvalue weighted by Crippen LogP contribution is -2.73. The molecule has 1 saturated carbocycles. The first-order chi connectivity index (χ1) is 15.1. The van der Waals surface area contributed by atoms with E-state index in [1.165, 1.54) is 5.57 Å². The Morgan fingerprint density at radius 1 is 1.15 bits per heavy atom. The van der Waals surface area contributed by atoms with Crippen molar-refractivity contribution in [2.45, 2.75) is 70.5 Å². The highest BCUT2D eigenvalue weighted by Gasteiger charge is 2.84. The van der Waals surface area contributed by atoms with Gasteiger partial charge in [0.1, 0.15) is 16.8 Å².